The summed E-state index contributed by atoms with van der Waals surface area (Å²) in [5.41, 5.74) is 1.44. The highest BCUT2D eigenvalue weighted by atomic mass is 35.5. The molecule has 1 aliphatic rings. The number of aromatic nitrogens is 1. The minimum Gasteiger partial charge on any atom is -0.481 e. The summed E-state index contributed by atoms with van der Waals surface area (Å²) in [4.78, 5) is 27.6. The number of halogens is 2. The van der Waals surface area contributed by atoms with Crippen LogP contribution in [0.25, 0.3) is 10.6 Å². The van der Waals surface area contributed by atoms with Gasteiger partial charge in [-0.1, -0.05) is 23.2 Å². The fourth-order valence-electron chi connectivity index (χ4n) is 2.95. The van der Waals surface area contributed by atoms with Crippen LogP contribution in [0.2, 0.25) is 10.0 Å². The Bertz CT molecular complexity index is 809. The quantitative estimate of drug-likeness (QED) is 0.796. The van der Waals surface area contributed by atoms with Gasteiger partial charge in [0.15, 0.2) is 0 Å². The number of hydrogen-bond donors (Lipinski definition) is 2. The van der Waals surface area contributed by atoms with Gasteiger partial charge in [0.1, 0.15) is 5.01 Å². The summed E-state index contributed by atoms with van der Waals surface area (Å²) < 4.78 is 0. The smallest absolute Gasteiger partial charge is 0.306 e. The van der Waals surface area contributed by atoms with Crippen LogP contribution in [-0.2, 0) is 16.0 Å². The third kappa shape index (κ3) is 4.51. The third-order valence-corrected chi connectivity index (χ3v) is 5.67. The zero-order chi connectivity index (χ0) is 18.0. The Morgan fingerprint density at radius 1 is 1.32 bits per heavy atom. The summed E-state index contributed by atoms with van der Waals surface area (Å²) in [6.07, 6.45) is 1.96. The lowest BCUT2D eigenvalue weighted by atomic mass is 10.1. The Balaban J connectivity index is 1.60. The molecule has 0 bridgehead atoms. The van der Waals surface area contributed by atoms with Crippen molar-refractivity contribution in [3.05, 3.63) is 39.3 Å². The van der Waals surface area contributed by atoms with Crippen molar-refractivity contribution in [3.63, 3.8) is 0 Å². The lowest BCUT2D eigenvalue weighted by Crippen LogP contribution is -2.34. The van der Waals surface area contributed by atoms with Crippen molar-refractivity contribution in [2.75, 3.05) is 0 Å². The number of aliphatic carboxylic acids is 1. The van der Waals surface area contributed by atoms with Crippen molar-refractivity contribution < 1.29 is 14.7 Å². The highest BCUT2D eigenvalue weighted by Crippen LogP contribution is 2.32. The number of nitrogens with one attached hydrogen (secondary N) is 1. The molecular formula is C17H16Cl2N2O3S. The highest BCUT2D eigenvalue weighted by molar-refractivity contribution is 7.13. The van der Waals surface area contributed by atoms with Crippen molar-refractivity contribution in [1.29, 1.82) is 0 Å². The highest BCUT2D eigenvalue weighted by Gasteiger charge is 2.30. The fraction of sp³-hybridized carbons (Fsp3) is 0.353. The maximum Gasteiger partial charge on any atom is 0.306 e. The first-order chi connectivity index (χ1) is 11.9. The molecule has 1 saturated carbocycles. The van der Waals surface area contributed by atoms with Gasteiger partial charge in [0.05, 0.1) is 23.1 Å². The van der Waals surface area contributed by atoms with E-state index >= 15 is 0 Å². The maximum absolute atomic E-state index is 12.2. The van der Waals surface area contributed by atoms with Gasteiger partial charge < -0.3 is 10.4 Å². The van der Waals surface area contributed by atoms with E-state index in [1.54, 1.807) is 18.2 Å². The molecule has 0 aliphatic heterocycles. The van der Waals surface area contributed by atoms with Crippen molar-refractivity contribution in [1.82, 2.24) is 10.3 Å². The Morgan fingerprint density at radius 3 is 2.80 bits per heavy atom. The number of carbonyl (C=O) groups is 2. The zero-order valence-corrected chi connectivity index (χ0v) is 15.5. The first-order valence-electron chi connectivity index (χ1n) is 7.84. The van der Waals surface area contributed by atoms with E-state index in [2.05, 4.69) is 10.3 Å². The largest absolute Gasteiger partial charge is 0.481 e. The monoisotopic (exact) mass is 398 g/mol. The SMILES string of the molecule is O=C(Cc1csc(-c2ccc(Cl)cc2Cl)n1)N[C@H]1CC[C@@H](C(=O)O)C1. The molecule has 0 unspecified atom stereocenters. The molecule has 1 fully saturated rings. The Hall–Kier alpha value is -1.63. The van der Waals surface area contributed by atoms with Crippen molar-refractivity contribution >= 4 is 46.4 Å². The van der Waals surface area contributed by atoms with Crippen LogP contribution in [0.3, 0.4) is 0 Å². The average molecular weight is 399 g/mol. The van der Waals surface area contributed by atoms with Crippen LogP contribution >= 0.6 is 34.5 Å². The van der Waals surface area contributed by atoms with Gasteiger partial charge in [0.25, 0.3) is 0 Å². The molecule has 1 aromatic carbocycles. The summed E-state index contributed by atoms with van der Waals surface area (Å²) >= 11 is 13.5. The van der Waals surface area contributed by atoms with Gasteiger partial charge in [0, 0.05) is 22.0 Å². The standard InChI is InChI=1S/C17H16Cl2N2O3S/c18-10-2-4-13(14(19)6-10)16-21-12(8-25-16)7-15(22)20-11-3-1-9(5-11)17(23)24/h2,4,6,8-9,11H,1,3,5,7H2,(H,20,22)(H,23,24)/t9-,11+/m1/s1. The van der Waals surface area contributed by atoms with E-state index in [1.165, 1.54) is 11.3 Å². The van der Waals surface area contributed by atoms with Gasteiger partial charge >= 0.3 is 5.97 Å². The molecule has 1 heterocycles. The molecule has 2 aromatic rings. The molecule has 2 N–H and O–H groups in total. The lowest BCUT2D eigenvalue weighted by Gasteiger charge is -2.11. The minimum atomic E-state index is -0.791. The predicted molar refractivity (Wildman–Crippen MR) is 98.2 cm³/mol. The van der Waals surface area contributed by atoms with Gasteiger partial charge in [0.2, 0.25) is 5.91 Å². The summed E-state index contributed by atoms with van der Waals surface area (Å²) in [6.45, 7) is 0. The summed E-state index contributed by atoms with van der Waals surface area (Å²) in [7, 11) is 0. The lowest BCUT2D eigenvalue weighted by molar-refractivity contribution is -0.141. The van der Waals surface area contributed by atoms with Crippen LogP contribution < -0.4 is 5.32 Å². The topological polar surface area (TPSA) is 79.3 Å². The predicted octanol–water partition coefficient (Wildman–Crippen LogP) is 4.03. The molecular weight excluding hydrogens is 383 g/mol. The summed E-state index contributed by atoms with van der Waals surface area (Å²) in [6, 6.07) is 5.14. The first-order valence-corrected chi connectivity index (χ1v) is 9.48. The number of thiazole rings is 1. The zero-order valence-electron chi connectivity index (χ0n) is 13.2. The minimum absolute atomic E-state index is 0.0718. The molecule has 3 rings (SSSR count). The molecule has 1 aromatic heterocycles. The van der Waals surface area contributed by atoms with Gasteiger partial charge in [-0.2, -0.15) is 0 Å². The van der Waals surface area contributed by atoms with Crippen LogP contribution in [0.1, 0.15) is 25.0 Å². The average Bonchev–Trinajstić information content (AvgIpc) is 3.17. The van der Waals surface area contributed by atoms with E-state index in [4.69, 9.17) is 28.3 Å². The molecule has 8 heteroatoms. The van der Waals surface area contributed by atoms with E-state index in [0.717, 1.165) is 10.6 Å². The Labute approximate surface area is 159 Å². The van der Waals surface area contributed by atoms with E-state index in [9.17, 15) is 9.59 Å². The van der Waals surface area contributed by atoms with Crippen LogP contribution in [-0.4, -0.2) is 28.0 Å². The number of carboxylic acids is 1. The molecule has 0 saturated heterocycles. The molecule has 25 heavy (non-hydrogen) atoms. The number of carboxylic acid groups (broad SMARTS) is 1. The molecule has 0 spiro atoms. The number of rotatable bonds is 5. The summed E-state index contributed by atoms with van der Waals surface area (Å²) in [5.74, 6) is -1.29. The van der Waals surface area contributed by atoms with Crippen molar-refractivity contribution in [2.45, 2.75) is 31.7 Å². The van der Waals surface area contributed by atoms with E-state index < -0.39 is 5.97 Å². The van der Waals surface area contributed by atoms with Gasteiger partial charge in [-0.15, -0.1) is 11.3 Å². The third-order valence-electron chi connectivity index (χ3n) is 4.20. The molecule has 5 nitrogen and oxygen atoms in total. The Morgan fingerprint density at radius 2 is 2.12 bits per heavy atom. The maximum atomic E-state index is 12.2. The van der Waals surface area contributed by atoms with Crippen molar-refractivity contribution in [2.24, 2.45) is 5.92 Å². The molecule has 2 atom stereocenters. The number of amides is 1. The molecule has 132 valence electrons. The van der Waals surface area contributed by atoms with Crippen molar-refractivity contribution in [3.8, 4) is 10.6 Å². The molecule has 0 radical (unpaired) electrons. The fourth-order valence-corrected chi connectivity index (χ4v) is 4.37. The Kier molecular flexibility index (Phi) is 5.61. The van der Waals surface area contributed by atoms with Crippen LogP contribution in [0.15, 0.2) is 23.6 Å². The normalized spacial score (nSPS) is 19.8. The number of nitrogens with zero attached hydrogens (tertiary/aromatic N) is 1. The van der Waals surface area contributed by atoms with Crippen LogP contribution in [0.4, 0.5) is 0 Å². The van der Waals surface area contributed by atoms with E-state index in [1.807, 2.05) is 5.38 Å². The molecule has 1 aliphatic carbocycles. The molecule has 1 amide bonds. The van der Waals surface area contributed by atoms with Gasteiger partial charge in [-0.25, -0.2) is 4.98 Å². The van der Waals surface area contributed by atoms with E-state index in [-0.39, 0.29) is 24.3 Å². The number of hydrogen-bond acceptors (Lipinski definition) is 4. The van der Waals surface area contributed by atoms with Gasteiger partial charge in [-0.05, 0) is 37.5 Å². The van der Waals surface area contributed by atoms with E-state index in [0.29, 0.717) is 35.0 Å². The second-order valence-electron chi connectivity index (χ2n) is 6.06. The number of benzene rings is 1. The summed E-state index contributed by atoms with van der Waals surface area (Å²) in [5, 5.41) is 15.5. The van der Waals surface area contributed by atoms with Crippen LogP contribution in [0, 0.1) is 5.92 Å². The van der Waals surface area contributed by atoms with Crippen LogP contribution in [0.5, 0.6) is 0 Å². The second-order valence-corrected chi connectivity index (χ2v) is 7.76. The number of carbonyl (C=O) groups excluding carboxylic acids is 1. The van der Waals surface area contributed by atoms with Gasteiger partial charge in [-0.3, -0.25) is 9.59 Å². The first kappa shape index (κ1) is 18.2. The second kappa shape index (κ2) is 7.72.